The van der Waals surface area contributed by atoms with Crippen molar-refractivity contribution in [2.45, 2.75) is 18.7 Å². The van der Waals surface area contributed by atoms with E-state index in [4.69, 9.17) is 16.7 Å². The van der Waals surface area contributed by atoms with Crippen molar-refractivity contribution in [1.29, 1.82) is 0 Å². The highest BCUT2D eigenvalue weighted by molar-refractivity contribution is 6.30. The molecule has 7 heteroatoms. The zero-order valence-corrected chi connectivity index (χ0v) is 9.34. The lowest BCUT2D eigenvalue weighted by Crippen LogP contribution is -2.54. The molecular weight excluding hydrogens is 261 g/mol. The van der Waals surface area contributed by atoms with Crippen LogP contribution >= 0.6 is 11.6 Å². The van der Waals surface area contributed by atoms with Crippen molar-refractivity contribution in [2.75, 3.05) is 0 Å². The number of carboxylic acids is 1. The van der Waals surface area contributed by atoms with E-state index >= 15 is 0 Å². The van der Waals surface area contributed by atoms with E-state index in [0.717, 1.165) is 12.1 Å². The van der Waals surface area contributed by atoms with Crippen molar-refractivity contribution in [3.63, 3.8) is 0 Å². The van der Waals surface area contributed by atoms with Crippen LogP contribution in [0, 0.1) is 0 Å². The molecule has 1 rings (SSSR count). The molecule has 0 fully saturated rings. The molecule has 3 nitrogen and oxygen atoms in total. The average molecular weight is 269 g/mol. The zero-order valence-electron chi connectivity index (χ0n) is 8.58. The summed E-state index contributed by atoms with van der Waals surface area (Å²) in [6.45, 7) is 0.448. The first-order valence-corrected chi connectivity index (χ1v) is 4.79. The number of carboxylic acid groups (broad SMARTS) is 1. The van der Waals surface area contributed by atoms with Gasteiger partial charge in [-0.2, -0.15) is 13.2 Å². The summed E-state index contributed by atoms with van der Waals surface area (Å²) >= 11 is 5.54. The van der Waals surface area contributed by atoms with Gasteiger partial charge in [-0.1, -0.05) is 11.6 Å². The standard InChI is InChI=1S/C10H8ClF3O3/c1-9(8(15)16,10(12,13)14)17-7-4-2-6(11)3-5-7/h2-5H,1H3,(H,15,16). The topological polar surface area (TPSA) is 46.5 Å². The number of carbonyl (C=O) groups is 1. The average Bonchev–Trinajstić information content (AvgIpc) is 2.19. The Labute approximate surface area is 99.8 Å². The molecule has 17 heavy (non-hydrogen) atoms. The molecule has 1 atom stereocenters. The van der Waals surface area contributed by atoms with E-state index in [-0.39, 0.29) is 5.75 Å². The highest BCUT2D eigenvalue weighted by Crippen LogP contribution is 2.35. The molecule has 0 radical (unpaired) electrons. The number of benzene rings is 1. The maximum atomic E-state index is 12.6. The Bertz CT molecular complexity index is 416. The molecule has 0 spiro atoms. The van der Waals surface area contributed by atoms with Crippen LogP contribution in [0.5, 0.6) is 5.75 Å². The molecule has 0 aliphatic carbocycles. The van der Waals surface area contributed by atoms with Gasteiger partial charge in [0.2, 0.25) is 0 Å². The Kier molecular flexibility index (Phi) is 3.56. The molecule has 0 saturated heterocycles. The minimum Gasteiger partial charge on any atom is -0.478 e. The summed E-state index contributed by atoms with van der Waals surface area (Å²) in [6, 6.07) is 4.93. The van der Waals surface area contributed by atoms with Gasteiger partial charge < -0.3 is 9.84 Å². The van der Waals surface area contributed by atoms with E-state index < -0.39 is 17.7 Å². The van der Waals surface area contributed by atoms with E-state index in [0.29, 0.717) is 11.9 Å². The second-order valence-electron chi connectivity index (χ2n) is 3.39. The van der Waals surface area contributed by atoms with Gasteiger partial charge in [0.05, 0.1) is 0 Å². The fourth-order valence-corrected chi connectivity index (χ4v) is 1.09. The zero-order chi connectivity index (χ0) is 13.3. The van der Waals surface area contributed by atoms with Crippen molar-refractivity contribution in [2.24, 2.45) is 0 Å². The van der Waals surface area contributed by atoms with Crippen LogP contribution in [0.4, 0.5) is 13.2 Å². The molecule has 0 heterocycles. The third-order valence-corrected chi connectivity index (χ3v) is 2.34. The lowest BCUT2D eigenvalue weighted by Gasteiger charge is -2.28. The lowest BCUT2D eigenvalue weighted by molar-refractivity contribution is -0.244. The molecular formula is C10H8ClF3O3. The van der Waals surface area contributed by atoms with Crippen molar-refractivity contribution in [1.82, 2.24) is 0 Å². The predicted molar refractivity (Wildman–Crippen MR) is 54.2 cm³/mol. The SMILES string of the molecule is CC(Oc1ccc(Cl)cc1)(C(=O)O)C(F)(F)F. The van der Waals surface area contributed by atoms with E-state index in [1.54, 1.807) is 0 Å². The van der Waals surface area contributed by atoms with E-state index in [1.807, 2.05) is 0 Å². The maximum Gasteiger partial charge on any atom is 0.439 e. The molecule has 0 aliphatic heterocycles. The van der Waals surface area contributed by atoms with E-state index in [2.05, 4.69) is 4.74 Å². The number of rotatable bonds is 3. The summed E-state index contributed by atoms with van der Waals surface area (Å²) in [5, 5.41) is 8.92. The molecule has 0 aromatic heterocycles. The largest absolute Gasteiger partial charge is 0.478 e. The van der Waals surface area contributed by atoms with Gasteiger partial charge in [0.1, 0.15) is 5.75 Å². The fourth-order valence-electron chi connectivity index (χ4n) is 0.961. The molecule has 1 aromatic rings. The summed E-state index contributed by atoms with van der Waals surface area (Å²) in [6.07, 6.45) is -5.03. The Balaban J connectivity index is 3.04. The van der Waals surface area contributed by atoms with Gasteiger partial charge >= 0.3 is 12.1 Å². The third kappa shape index (κ3) is 2.82. The summed E-state index contributed by atoms with van der Waals surface area (Å²) < 4.78 is 42.3. The summed E-state index contributed by atoms with van der Waals surface area (Å²) in [7, 11) is 0. The van der Waals surface area contributed by atoms with Crippen LogP contribution in [0.2, 0.25) is 5.02 Å². The fraction of sp³-hybridized carbons (Fsp3) is 0.300. The van der Waals surface area contributed by atoms with Crippen LogP contribution in [0.3, 0.4) is 0 Å². The van der Waals surface area contributed by atoms with Crippen LogP contribution in [0.15, 0.2) is 24.3 Å². The Morgan fingerprint density at radius 2 is 1.76 bits per heavy atom. The number of ether oxygens (including phenoxy) is 1. The van der Waals surface area contributed by atoms with Crippen LogP contribution in [0.25, 0.3) is 0 Å². The summed E-state index contributed by atoms with van der Waals surface area (Å²) in [5.74, 6) is -2.34. The number of hydrogen-bond acceptors (Lipinski definition) is 2. The van der Waals surface area contributed by atoms with Gasteiger partial charge in [-0.15, -0.1) is 0 Å². The van der Waals surface area contributed by atoms with Crippen LogP contribution < -0.4 is 4.74 Å². The minimum atomic E-state index is -5.03. The van der Waals surface area contributed by atoms with Gasteiger partial charge in [-0.25, -0.2) is 4.79 Å². The number of aliphatic carboxylic acids is 1. The number of halogens is 4. The number of hydrogen-bond donors (Lipinski definition) is 1. The lowest BCUT2D eigenvalue weighted by atomic mass is 10.1. The Hall–Kier alpha value is -1.43. The first kappa shape index (κ1) is 13.6. The summed E-state index contributed by atoms with van der Waals surface area (Å²) in [4.78, 5) is 10.7. The van der Waals surface area contributed by atoms with Gasteiger partial charge in [0.25, 0.3) is 5.60 Å². The number of alkyl halides is 3. The van der Waals surface area contributed by atoms with Gasteiger partial charge in [-0.05, 0) is 31.2 Å². The van der Waals surface area contributed by atoms with Gasteiger partial charge in [0.15, 0.2) is 0 Å². The maximum absolute atomic E-state index is 12.6. The third-order valence-electron chi connectivity index (χ3n) is 2.08. The van der Waals surface area contributed by atoms with Gasteiger partial charge in [0, 0.05) is 5.02 Å². The minimum absolute atomic E-state index is 0.225. The second-order valence-corrected chi connectivity index (χ2v) is 3.83. The van der Waals surface area contributed by atoms with Crippen molar-refractivity contribution >= 4 is 17.6 Å². The van der Waals surface area contributed by atoms with Crippen LogP contribution in [-0.4, -0.2) is 22.9 Å². The van der Waals surface area contributed by atoms with E-state index in [9.17, 15) is 18.0 Å². The monoisotopic (exact) mass is 268 g/mol. The van der Waals surface area contributed by atoms with Crippen molar-refractivity contribution < 1.29 is 27.8 Å². The van der Waals surface area contributed by atoms with Crippen molar-refractivity contribution in [3.8, 4) is 5.75 Å². The highest BCUT2D eigenvalue weighted by Gasteiger charge is 2.60. The molecule has 0 amide bonds. The predicted octanol–water partition coefficient (Wildman–Crippen LogP) is 3.12. The Morgan fingerprint density at radius 3 is 2.12 bits per heavy atom. The molecule has 1 N–H and O–H groups in total. The Morgan fingerprint density at radius 1 is 1.29 bits per heavy atom. The van der Waals surface area contributed by atoms with Crippen LogP contribution in [-0.2, 0) is 4.79 Å². The molecule has 1 aromatic carbocycles. The summed E-state index contributed by atoms with van der Waals surface area (Å²) in [5.41, 5.74) is -3.29. The molecule has 0 saturated carbocycles. The molecule has 0 bridgehead atoms. The normalized spacial score (nSPS) is 15.1. The molecule has 94 valence electrons. The molecule has 0 aliphatic rings. The van der Waals surface area contributed by atoms with Crippen LogP contribution in [0.1, 0.15) is 6.92 Å². The first-order chi connectivity index (χ1) is 7.67. The highest BCUT2D eigenvalue weighted by atomic mass is 35.5. The quantitative estimate of drug-likeness (QED) is 0.916. The first-order valence-electron chi connectivity index (χ1n) is 4.41. The van der Waals surface area contributed by atoms with Crippen molar-refractivity contribution in [3.05, 3.63) is 29.3 Å². The van der Waals surface area contributed by atoms with Gasteiger partial charge in [-0.3, -0.25) is 0 Å². The second kappa shape index (κ2) is 4.44. The van der Waals surface area contributed by atoms with E-state index in [1.165, 1.54) is 12.1 Å². The molecule has 1 unspecified atom stereocenters. The smallest absolute Gasteiger partial charge is 0.439 e.